The van der Waals surface area contributed by atoms with E-state index in [1.807, 2.05) is 0 Å². The third-order valence-corrected chi connectivity index (χ3v) is 4.03. The maximum atomic E-state index is 12.1. The van der Waals surface area contributed by atoms with E-state index < -0.39 is 10.0 Å². The number of phenols is 1. The Bertz CT molecular complexity index is 712. The van der Waals surface area contributed by atoms with Gasteiger partial charge < -0.3 is 10.8 Å². The van der Waals surface area contributed by atoms with Gasteiger partial charge in [-0.25, -0.2) is 8.42 Å². The fourth-order valence-corrected chi connectivity index (χ4v) is 2.73. The Kier molecular flexibility index (Phi) is 3.35. The molecule has 0 aliphatic carbocycles. The molecule has 100 valence electrons. The Morgan fingerprint density at radius 1 is 1.16 bits per heavy atom. The number of anilines is 2. The number of aromatic hydroxyl groups is 1. The van der Waals surface area contributed by atoms with Crippen LogP contribution in [0.1, 0.15) is 5.56 Å². The second-order valence-electron chi connectivity index (χ2n) is 4.17. The lowest BCUT2D eigenvalue weighted by Gasteiger charge is -2.09. The first-order chi connectivity index (χ1) is 8.88. The number of benzene rings is 2. The van der Waals surface area contributed by atoms with Crippen molar-refractivity contribution in [2.75, 3.05) is 10.5 Å². The lowest BCUT2D eigenvalue weighted by molar-refractivity contribution is 0.475. The van der Waals surface area contributed by atoms with Gasteiger partial charge in [0.2, 0.25) is 0 Å². The molecule has 2 aromatic carbocycles. The molecule has 0 amide bonds. The Hall–Kier alpha value is -2.21. The van der Waals surface area contributed by atoms with Crippen LogP contribution in [0.25, 0.3) is 0 Å². The quantitative estimate of drug-likeness (QED) is 0.749. The topological polar surface area (TPSA) is 92.4 Å². The van der Waals surface area contributed by atoms with E-state index in [9.17, 15) is 13.5 Å². The number of rotatable bonds is 3. The molecule has 6 heteroatoms. The summed E-state index contributed by atoms with van der Waals surface area (Å²) in [6, 6.07) is 10.4. The van der Waals surface area contributed by atoms with Gasteiger partial charge in [0.05, 0.1) is 10.6 Å². The predicted octanol–water partition coefficient (Wildman–Crippen LogP) is 2.08. The van der Waals surface area contributed by atoms with E-state index in [4.69, 9.17) is 5.73 Å². The number of nitrogens with one attached hydrogen (secondary N) is 1. The molecule has 0 heterocycles. The van der Waals surface area contributed by atoms with Gasteiger partial charge in [-0.05, 0) is 42.8 Å². The van der Waals surface area contributed by atoms with Gasteiger partial charge in [0.25, 0.3) is 10.0 Å². The summed E-state index contributed by atoms with van der Waals surface area (Å²) in [5.74, 6) is -0.00585. The van der Waals surface area contributed by atoms with Gasteiger partial charge in [-0.3, -0.25) is 4.72 Å². The summed E-state index contributed by atoms with van der Waals surface area (Å²) >= 11 is 0. The Labute approximate surface area is 111 Å². The predicted molar refractivity (Wildman–Crippen MR) is 74.5 cm³/mol. The second kappa shape index (κ2) is 4.81. The second-order valence-corrected chi connectivity index (χ2v) is 5.86. The summed E-state index contributed by atoms with van der Waals surface area (Å²) in [5.41, 5.74) is 7.19. The summed E-state index contributed by atoms with van der Waals surface area (Å²) in [5, 5.41) is 9.31. The fourth-order valence-electron chi connectivity index (χ4n) is 1.60. The molecule has 4 N–H and O–H groups in total. The number of phenolic OH excluding ortho intramolecular Hbond substituents is 1. The third-order valence-electron chi connectivity index (χ3n) is 2.65. The van der Waals surface area contributed by atoms with Crippen molar-refractivity contribution in [3.8, 4) is 5.75 Å². The summed E-state index contributed by atoms with van der Waals surface area (Å²) in [4.78, 5) is 0.127. The molecule has 0 spiro atoms. The molecule has 0 saturated carbocycles. The van der Waals surface area contributed by atoms with Gasteiger partial charge in [0, 0.05) is 11.8 Å². The minimum absolute atomic E-state index is 0.00585. The minimum Gasteiger partial charge on any atom is -0.508 e. The molecule has 5 nitrogen and oxygen atoms in total. The molecule has 0 radical (unpaired) electrons. The zero-order chi connectivity index (χ0) is 14.0. The minimum atomic E-state index is -3.69. The summed E-state index contributed by atoms with van der Waals surface area (Å²) in [6.07, 6.45) is 0. The SMILES string of the molecule is Cc1cc(S(=O)(=O)Nc2cccc(O)c2)ccc1N. The van der Waals surface area contributed by atoms with Crippen LogP contribution in [-0.4, -0.2) is 13.5 Å². The molecule has 0 atom stereocenters. The Morgan fingerprint density at radius 3 is 2.53 bits per heavy atom. The van der Waals surface area contributed by atoms with Crippen LogP contribution in [0.2, 0.25) is 0 Å². The van der Waals surface area contributed by atoms with Gasteiger partial charge in [0.15, 0.2) is 0 Å². The first-order valence-electron chi connectivity index (χ1n) is 5.56. The molecule has 0 fully saturated rings. The summed E-state index contributed by atoms with van der Waals surface area (Å²) < 4.78 is 26.7. The maximum absolute atomic E-state index is 12.1. The van der Waals surface area contributed by atoms with Crippen molar-refractivity contribution in [3.63, 3.8) is 0 Å². The molecule has 0 aliphatic rings. The number of aryl methyl sites for hydroxylation is 1. The van der Waals surface area contributed by atoms with Crippen LogP contribution in [0, 0.1) is 6.92 Å². The zero-order valence-corrected chi connectivity index (χ0v) is 11.1. The van der Waals surface area contributed by atoms with Crippen molar-refractivity contribution in [3.05, 3.63) is 48.0 Å². The lowest BCUT2D eigenvalue weighted by Crippen LogP contribution is -2.13. The van der Waals surface area contributed by atoms with Crippen LogP contribution >= 0.6 is 0 Å². The molecule has 2 rings (SSSR count). The van der Waals surface area contributed by atoms with E-state index in [1.165, 1.54) is 24.3 Å². The zero-order valence-electron chi connectivity index (χ0n) is 10.3. The van der Waals surface area contributed by atoms with Crippen LogP contribution in [-0.2, 0) is 10.0 Å². The normalized spacial score (nSPS) is 11.2. The van der Waals surface area contributed by atoms with Crippen LogP contribution in [0.15, 0.2) is 47.4 Å². The number of nitrogens with two attached hydrogens (primary N) is 1. The molecule has 2 aromatic rings. The van der Waals surface area contributed by atoms with Crippen molar-refractivity contribution < 1.29 is 13.5 Å². The van der Waals surface area contributed by atoms with E-state index in [0.29, 0.717) is 16.9 Å². The number of hydrogen-bond acceptors (Lipinski definition) is 4. The molecule has 0 unspecified atom stereocenters. The largest absolute Gasteiger partial charge is 0.508 e. The van der Waals surface area contributed by atoms with Gasteiger partial charge in [-0.15, -0.1) is 0 Å². The van der Waals surface area contributed by atoms with Gasteiger partial charge in [0.1, 0.15) is 5.75 Å². The molecular weight excluding hydrogens is 264 g/mol. The summed E-state index contributed by atoms with van der Waals surface area (Å²) in [7, 11) is -3.69. The van der Waals surface area contributed by atoms with E-state index in [0.717, 1.165) is 0 Å². The molecular formula is C13H14N2O3S. The molecule has 0 aromatic heterocycles. The van der Waals surface area contributed by atoms with Crippen LogP contribution in [0.4, 0.5) is 11.4 Å². The van der Waals surface area contributed by atoms with Crippen molar-refractivity contribution in [1.29, 1.82) is 0 Å². The maximum Gasteiger partial charge on any atom is 0.261 e. The number of hydrogen-bond donors (Lipinski definition) is 3. The molecule has 0 bridgehead atoms. The Morgan fingerprint density at radius 2 is 1.89 bits per heavy atom. The van der Waals surface area contributed by atoms with Crippen molar-refractivity contribution >= 4 is 21.4 Å². The van der Waals surface area contributed by atoms with Crippen molar-refractivity contribution in [2.45, 2.75) is 11.8 Å². The van der Waals surface area contributed by atoms with E-state index in [-0.39, 0.29) is 10.6 Å². The van der Waals surface area contributed by atoms with E-state index in [2.05, 4.69) is 4.72 Å². The highest BCUT2D eigenvalue weighted by Gasteiger charge is 2.15. The number of sulfonamides is 1. The van der Waals surface area contributed by atoms with Gasteiger partial charge in [-0.2, -0.15) is 0 Å². The third kappa shape index (κ3) is 2.97. The number of nitrogen functional groups attached to an aromatic ring is 1. The van der Waals surface area contributed by atoms with Crippen LogP contribution < -0.4 is 10.5 Å². The average molecular weight is 278 g/mol. The first kappa shape index (κ1) is 13.2. The van der Waals surface area contributed by atoms with Crippen molar-refractivity contribution in [1.82, 2.24) is 0 Å². The standard InChI is InChI=1S/C13H14N2O3S/c1-9-7-12(5-6-13(9)14)19(17,18)15-10-3-2-4-11(16)8-10/h2-8,15-16H,14H2,1H3. The van der Waals surface area contributed by atoms with Gasteiger partial charge >= 0.3 is 0 Å². The van der Waals surface area contributed by atoms with Gasteiger partial charge in [-0.1, -0.05) is 6.07 Å². The van der Waals surface area contributed by atoms with E-state index >= 15 is 0 Å². The first-order valence-corrected chi connectivity index (χ1v) is 7.05. The average Bonchev–Trinajstić information content (AvgIpc) is 2.32. The van der Waals surface area contributed by atoms with E-state index in [1.54, 1.807) is 25.1 Å². The van der Waals surface area contributed by atoms with Crippen LogP contribution in [0.5, 0.6) is 5.75 Å². The molecule has 0 saturated heterocycles. The highest BCUT2D eigenvalue weighted by Crippen LogP contribution is 2.22. The summed E-state index contributed by atoms with van der Waals surface area (Å²) in [6.45, 7) is 1.74. The lowest BCUT2D eigenvalue weighted by atomic mass is 10.2. The smallest absolute Gasteiger partial charge is 0.261 e. The van der Waals surface area contributed by atoms with Crippen LogP contribution in [0.3, 0.4) is 0 Å². The monoisotopic (exact) mass is 278 g/mol. The molecule has 19 heavy (non-hydrogen) atoms. The highest BCUT2D eigenvalue weighted by atomic mass is 32.2. The van der Waals surface area contributed by atoms with Crippen molar-refractivity contribution in [2.24, 2.45) is 0 Å². The fraction of sp³-hybridized carbons (Fsp3) is 0.0769. The molecule has 0 aliphatic heterocycles. The Balaban J connectivity index is 2.35. The highest BCUT2D eigenvalue weighted by molar-refractivity contribution is 7.92.